The van der Waals surface area contributed by atoms with Crippen molar-refractivity contribution >= 4 is 11.7 Å². The van der Waals surface area contributed by atoms with Gasteiger partial charge in [-0.05, 0) is 46.6 Å². The SMILES string of the molecule is C[C@H](OC[C@H]1CCCO1)C(=O)Nc1cc(C#N)cn1C(C)(C)C. The number of rotatable bonds is 5. The Balaban J connectivity index is 1.98. The molecule has 0 bridgehead atoms. The van der Waals surface area contributed by atoms with Gasteiger partial charge in [-0.15, -0.1) is 0 Å². The number of hydrogen-bond donors (Lipinski definition) is 1. The smallest absolute Gasteiger partial charge is 0.254 e. The van der Waals surface area contributed by atoms with Gasteiger partial charge >= 0.3 is 0 Å². The first-order valence-electron chi connectivity index (χ1n) is 7.98. The zero-order valence-electron chi connectivity index (χ0n) is 14.3. The molecule has 0 unspecified atom stereocenters. The van der Waals surface area contributed by atoms with Crippen LogP contribution in [0.3, 0.4) is 0 Å². The molecule has 2 heterocycles. The van der Waals surface area contributed by atoms with Gasteiger partial charge in [-0.2, -0.15) is 5.26 Å². The van der Waals surface area contributed by atoms with Gasteiger partial charge in [0.05, 0.1) is 18.3 Å². The van der Waals surface area contributed by atoms with Crippen molar-refractivity contribution in [2.75, 3.05) is 18.5 Å². The molecule has 2 atom stereocenters. The number of ether oxygens (including phenoxy) is 2. The molecule has 23 heavy (non-hydrogen) atoms. The van der Waals surface area contributed by atoms with Crippen LogP contribution in [0.25, 0.3) is 0 Å². The minimum Gasteiger partial charge on any atom is -0.376 e. The number of nitriles is 1. The number of nitrogens with one attached hydrogen (secondary N) is 1. The van der Waals surface area contributed by atoms with Crippen LogP contribution in [0, 0.1) is 11.3 Å². The van der Waals surface area contributed by atoms with Gasteiger partial charge in [0.15, 0.2) is 0 Å². The van der Waals surface area contributed by atoms with Gasteiger partial charge in [0.25, 0.3) is 5.91 Å². The van der Waals surface area contributed by atoms with Crippen molar-refractivity contribution in [3.63, 3.8) is 0 Å². The Morgan fingerprint density at radius 3 is 2.91 bits per heavy atom. The molecule has 1 fully saturated rings. The Labute approximate surface area is 137 Å². The third-order valence-corrected chi connectivity index (χ3v) is 3.85. The van der Waals surface area contributed by atoms with Crippen molar-refractivity contribution in [2.45, 2.75) is 58.3 Å². The second kappa shape index (κ2) is 7.16. The number of carbonyl (C=O) groups excluding carboxylic acids is 1. The van der Waals surface area contributed by atoms with E-state index >= 15 is 0 Å². The highest BCUT2D eigenvalue weighted by atomic mass is 16.5. The van der Waals surface area contributed by atoms with Crippen LogP contribution < -0.4 is 5.32 Å². The lowest BCUT2D eigenvalue weighted by atomic mass is 10.1. The van der Waals surface area contributed by atoms with Gasteiger partial charge in [0.1, 0.15) is 18.0 Å². The van der Waals surface area contributed by atoms with Crippen molar-refractivity contribution < 1.29 is 14.3 Å². The molecular weight excluding hydrogens is 294 g/mol. The van der Waals surface area contributed by atoms with E-state index in [2.05, 4.69) is 11.4 Å². The molecule has 1 aliphatic heterocycles. The van der Waals surface area contributed by atoms with Crippen LogP contribution in [0.4, 0.5) is 5.82 Å². The van der Waals surface area contributed by atoms with E-state index in [4.69, 9.17) is 14.7 Å². The largest absolute Gasteiger partial charge is 0.376 e. The second-order valence-electron chi connectivity index (χ2n) is 6.87. The molecule has 126 valence electrons. The fourth-order valence-electron chi connectivity index (χ4n) is 2.51. The number of aromatic nitrogens is 1. The minimum absolute atomic E-state index is 0.0916. The number of anilines is 1. The average Bonchev–Trinajstić information content (AvgIpc) is 3.13. The molecule has 6 nitrogen and oxygen atoms in total. The summed E-state index contributed by atoms with van der Waals surface area (Å²) in [6.07, 6.45) is 3.28. The Hall–Kier alpha value is -1.84. The normalized spacial score (nSPS) is 19.3. The Morgan fingerprint density at radius 2 is 2.35 bits per heavy atom. The molecule has 1 saturated heterocycles. The molecule has 0 spiro atoms. The number of hydrogen-bond acceptors (Lipinski definition) is 4. The number of nitrogens with zero attached hydrogens (tertiary/aromatic N) is 2. The van der Waals surface area contributed by atoms with Gasteiger partial charge in [-0.25, -0.2) is 0 Å². The van der Waals surface area contributed by atoms with E-state index in [0.29, 0.717) is 18.0 Å². The minimum atomic E-state index is -0.576. The van der Waals surface area contributed by atoms with E-state index in [-0.39, 0.29) is 17.6 Å². The molecule has 0 radical (unpaired) electrons. The lowest BCUT2D eigenvalue weighted by molar-refractivity contribution is -0.128. The van der Waals surface area contributed by atoms with Crippen LogP contribution in [0.2, 0.25) is 0 Å². The predicted molar refractivity (Wildman–Crippen MR) is 87.2 cm³/mol. The maximum Gasteiger partial charge on any atom is 0.254 e. The summed E-state index contributed by atoms with van der Waals surface area (Å²) in [5.74, 6) is 0.378. The first-order chi connectivity index (χ1) is 10.8. The third-order valence-electron chi connectivity index (χ3n) is 3.85. The van der Waals surface area contributed by atoms with E-state index in [1.165, 1.54) is 0 Å². The first kappa shape index (κ1) is 17.5. The van der Waals surface area contributed by atoms with E-state index in [1.54, 1.807) is 19.2 Å². The van der Waals surface area contributed by atoms with Crippen LogP contribution >= 0.6 is 0 Å². The summed E-state index contributed by atoms with van der Waals surface area (Å²) in [6, 6.07) is 3.78. The number of carbonyl (C=O) groups is 1. The molecule has 1 aromatic heterocycles. The summed E-state index contributed by atoms with van der Waals surface area (Å²) in [5, 5.41) is 11.9. The van der Waals surface area contributed by atoms with E-state index in [1.807, 2.05) is 25.3 Å². The molecular formula is C17H25N3O3. The number of amides is 1. The van der Waals surface area contributed by atoms with Gasteiger partial charge in [0.2, 0.25) is 0 Å². The average molecular weight is 319 g/mol. The van der Waals surface area contributed by atoms with E-state index in [9.17, 15) is 4.79 Å². The Bertz CT molecular complexity index is 589. The van der Waals surface area contributed by atoms with Gasteiger partial charge in [-0.3, -0.25) is 4.79 Å². The summed E-state index contributed by atoms with van der Waals surface area (Å²) in [4.78, 5) is 12.3. The van der Waals surface area contributed by atoms with Crippen LogP contribution in [0.15, 0.2) is 12.3 Å². The summed E-state index contributed by atoms with van der Waals surface area (Å²) in [6.45, 7) is 8.96. The fraction of sp³-hybridized carbons (Fsp3) is 0.647. The van der Waals surface area contributed by atoms with Gasteiger partial charge in [0, 0.05) is 18.3 Å². The quantitative estimate of drug-likeness (QED) is 0.905. The van der Waals surface area contributed by atoms with Crippen molar-refractivity contribution in [1.82, 2.24) is 4.57 Å². The summed E-state index contributed by atoms with van der Waals surface area (Å²) < 4.78 is 13.0. The van der Waals surface area contributed by atoms with Crippen molar-refractivity contribution in [1.29, 1.82) is 5.26 Å². The van der Waals surface area contributed by atoms with Gasteiger partial charge < -0.3 is 19.4 Å². The molecule has 1 aromatic rings. The van der Waals surface area contributed by atoms with Crippen LogP contribution in [-0.4, -0.2) is 35.9 Å². The lowest BCUT2D eigenvalue weighted by Crippen LogP contribution is -2.32. The highest BCUT2D eigenvalue weighted by molar-refractivity contribution is 5.93. The van der Waals surface area contributed by atoms with Gasteiger partial charge in [-0.1, -0.05) is 0 Å². The maximum absolute atomic E-state index is 12.3. The maximum atomic E-state index is 12.3. The molecule has 0 aromatic carbocycles. The Morgan fingerprint density at radius 1 is 1.61 bits per heavy atom. The Kier molecular flexibility index (Phi) is 5.45. The summed E-state index contributed by atoms with van der Waals surface area (Å²) >= 11 is 0. The van der Waals surface area contributed by atoms with E-state index < -0.39 is 6.10 Å². The van der Waals surface area contributed by atoms with Crippen molar-refractivity contribution in [3.05, 3.63) is 17.8 Å². The van der Waals surface area contributed by atoms with E-state index in [0.717, 1.165) is 19.4 Å². The van der Waals surface area contributed by atoms with Crippen LogP contribution in [-0.2, 0) is 19.8 Å². The topological polar surface area (TPSA) is 76.3 Å². The molecule has 2 rings (SSSR count). The lowest BCUT2D eigenvalue weighted by Gasteiger charge is -2.25. The second-order valence-corrected chi connectivity index (χ2v) is 6.87. The third kappa shape index (κ3) is 4.57. The highest BCUT2D eigenvalue weighted by Crippen LogP contribution is 2.24. The standard InChI is InChI=1S/C17H25N3O3/c1-12(23-11-14-6-5-7-22-14)16(21)19-15-8-13(9-18)10-20(15)17(2,3)4/h8,10,12,14H,5-7,11H2,1-4H3,(H,19,21)/t12-,14+/m0/s1. The highest BCUT2D eigenvalue weighted by Gasteiger charge is 2.23. The summed E-state index contributed by atoms with van der Waals surface area (Å²) in [5.41, 5.74) is 0.280. The van der Waals surface area contributed by atoms with Crippen molar-refractivity contribution in [2.24, 2.45) is 0 Å². The molecule has 1 aliphatic rings. The van der Waals surface area contributed by atoms with Crippen LogP contribution in [0.5, 0.6) is 0 Å². The first-order valence-corrected chi connectivity index (χ1v) is 7.98. The molecule has 1 N–H and O–H groups in total. The molecule has 0 saturated carbocycles. The molecule has 6 heteroatoms. The zero-order chi connectivity index (χ0) is 17.0. The summed E-state index contributed by atoms with van der Waals surface area (Å²) in [7, 11) is 0. The fourth-order valence-corrected chi connectivity index (χ4v) is 2.51. The molecule has 0 aliphatic carbocycles. The molecule has 1 amide bonds. The monoisotopic (exact) mass is 319 g/mol. The zero-order valence-corrected chi connectivity index (χ0v) is 14.3. The van der Waals surface area contributed by atoms with Crippen molar-refractivity contribution in [3.8, 4) is 6.07 Å². The predicted octanol–water partition coefficient (Wildman–Crippen LogP) is 2.64. The van der Waals surface area contributed by atoms with Crippen LogP contribution in [0.1, 0.15) is 46.1 Å².